The first-order valence-corrected chi connectivity index (χ1v) is 9.36. The second kappa shape index (κ2) is 13.8. The Balaban J connectivity index is -0.00000162. The summed E-state index contributed by atoms with van der Waals surface area (Å²) in [5.74, 6) is -1.66. The first-order chi connectivity index (χ1) is 8.52. The van der Waals surface area contributed by atoms with E-state index in [2.05, 4.69) is 0 Å². The van der Waals surface area contributed by atoms with Crippen LogP contribution in [0.3, 0.4) is 0 Å². The molecule has 8 nitrogen and oxygen atoms in total. The van der Waals surface area contributed by atoms with Gasteiger partial charge in [-0.25, -0.2) is 9.79 Å². The minimum absolute atomic E-state index is 0. The molecule has 0 fully saturated rings. The molecule has 0 rings (SSSR count). The Morgan fingerprint density at radius 2 is 1.24 bits per heavy atom. The Bertz CT molecular complexity index is 249. The standard InChI is InChI=1S/C9H22O8P2.2Na/c10-8(6-7-18(12,13)14)4-2-1-3-5-9(11)19(15,16)17;;/h8-11H,1-7H2,(H2,12,13,14)(H2,15,16,17);;/q;2*+1/p-2. The van der Waals surface area contributed by atoms with Gasteiger partial charge >= 0.3 is 59.1 Å². The minimum atomic E-state index is -4.58. The molecule has 0 spiro atoms. The maximum absolute atomic E-state index is 10.6. The van der Waals surface area contributed by atoms with Crippen molar-refractivity contribution in [3.05, 3.63) is 0 Å². The molecule has 21 heavy (non-hydrogen) atoms. The van der Waals surface area contributed by atoms with Crippen molar-refractivity contribution in [3.8, 4) is 0 Å². The van der Waals surface area contributed by atoms with Gasteiger partial charge in [0.2, 0.25) is 5.85 Å². The molecule has 12 heteroatoms. The van der Waals surface area contributed by atoms with Crippen LogP contribution in [0, 0.1) is 0 Å². The van der Waals surface area contributed by atoms with Crippen LogP contribution in [-0.4, -0.2) is 38.1 Å². The largest absolute Gasteiger partial charge is 1.00 e. The molecule has 2 unspecified atom stereocenters. The average Bonchev–Trinajstić information content (AvgIpc) is 2.23. The zero-order valence-electron chi connectivity index (χ0n) is 12.4. The van der Waals surface area contributed by atoms with Crippen LogP contribution in [-0.2, 0) is 0 Å². The Kier molecular flexibility index (Phi) is 18.6. The minimum Gasteiger partial charge on any atom is -0.688 e. The van der Waals surface area contributed by atoms with E-state index in [0.717, 1.165) is 0 Å². The third kappa shape index (κ3) is 18.7. The number of aliphatic hydroxyl groups excluding tert-OH is 2. The van der Waals surface area contributed by atoms with Crippen molar-refractivity contribution in [2.75, 3.05) is 6.16 Å². The van der Waals surface area contributed by atoms with Crippen LogP contribution in [0.1, 0.15) is 38.5 Å². The van der Waals surface area contributed by atoms with Gasteiger partial charge in [-0.15, -0.1) is 0 Å². The van der Waals surface area contributed by atoms with E-state index in [9.17, 15) is 24.7 Å². The van der Waals surface area contributed by atoms with Gasteiger partial charge in [0.05, 0.1) is 6.10 Å². The van der Waals surface area contributed by atoms with Gasteiger partial charge in [0.1, 0.15) is 0 Å². The summed E-state index contributed by atoms with van der Waals surface area (Å²) < 4.78 is 0. The molecule has 0 bridgehead atoms. The second-order valence-corrected chi connectivity index (χ2v) is 7.93. The summed E-state index contributed by atoms with van der Waals surface area (Å²) in [5.41, 5.74) is 0. The molecule has 0 saturated heterocycles. The number of aliphatic hydroxyl groups is 2. The maximum atomic E-state index is 10.6. The molecule has 0 heterocycles. The predicted molar refractivity (Wildman–Crippen MR) is 62.9 cm³/mol. The Morgan fingerprint density at radius 1 is 0.762 bits per heavy atom. The normalized spacial score (nSPS) is 14.9. The zero-order chi connectivity index (χ0) is 15.1. The summed E-state index contributed by atoms with van der Waals surface area (Å²) in [6, 6.07) is 0. The molecule has 116 valence electrons. The SMILES string of the molecule is [Na+].[Na+].[O-][P+]([O-])([O-])CCC(O)CCCCCC(O)[P+]([O-])(O)O. The second-order valence-electron chi connectivity index (χ2n) is 4.48. The number of hydrogen-bond acceptors (Lipinski definition) is 8. The third-order valence-electron chi connectivity index (χ3n) is 2.62. The van der Waals surface area contributed by atoms with Gasteiger partial charge in [0.25, 0.3) is 7.94 Å². The zero-order valence-corrected chi connectivity index (χ0v) is 18.2. The molecular formula is C9H20Na2O8P2. The molecule has 0 aliphatic rings. The van der Waals surface area contributed by atoms with Crippen molar-refractivity contribution in [3.63, 3.8) is 0 Å². The smallest absolute Gasteiger partial charge is 0.688 e. The van der Waals surface area contributed by atoms with E-state index in [1.165, 1.54) is 0 Å². The van der Waals surface area contributed by atoms with Gasteiger partial charge in [-0.1, -0.05) is 12.8 Å². The van der Waals surface area contributed by atoms with Crippen LogP contribution in [0.4, 0.5) is 0 Å². The summed E-state index contributed by atoms with van der Waals surface area (Å²) >= 11 is 0. The predicted octanol–water partition coefficient (Wildman–Crippen LogP) is -9.03. The quantitative estimate of drug-likeness (QED) is 0.168. The molecule has 2 atom stereocenters. The van der Waals surface area contributed by atoms with E-state index in [4.69, 9.17) is 14.9 Å². The van der Waals surface area contributed by atoms with Crippen molar-refractivity contribution in [1.29, 1.82) is 0 Å². The van der Waals surface area contributed by atoms with Gasteiger partial charge in [0.15, 0.2) is 0 Å². The van der Waals surface area contributed by atoms with E-state index in [1.807, 2.05) is 0 Å². The van der Waals surface area contributed by atoms with E-state index < -0.39 is 34.0 Å². The van der Waals surface area contributed by atoms with E-state index >= 15 is 0 Å². The topological polar surface area (TPSA) is 173 Å². The fourth-order valence-corrected chi connectivity index (χ4v) is 2.64. The third-order valence-corrected chi connectivity index (χ3v) is 4.46. The van der Waals surface area contributed by atoms with Gasteiger partial charge in [-0.2, -0.15) is 7.94 Å². The summed E-state index contributed by atoms with van der Waals surface area (Å²) in [4.78, 5) is 58.8. The van der Waals surface area contributed by atoms with Crippen molar-refractivity contribution in [1.82, 2.24) is 0 Å². The van der Waals surface area contributed by atoms with Crippen molar-refractivity contribution in [2.24, 2.45) is 0 Å². The number of unbranched alkanes of at least 4 members (excludes halogenated alkanes) is 2. The van der Waals surface area contributed by atoms with Crippen molar-refractivity contribution < 1.29 is 98.7 Å². The summed E-state index contributed by atoms with van der Waals surface area (Å²) in [6.45, 7) is 0. The van der Waals surface area contributed by atoms with Gasteiger partial charge in [0, 0.05) is 19.0 Å². The summed E-state index contributed by atoms with van der Waals surface area (Å²) in [6.07, 6.45) is 0.185. The Morgan fingerprint density at radius 3 is 1.67 bits per heavy atom. The molecule has 0 aromatic carbocycles. The molecule has 4 N–H and O–H groups in total. The Hall–Kier alpha value is 2.54. The average molecular weight is 364 g/mol. The van der Waals surface area contributed by atoms with E-state index in [-0.39, 0.29) is 72.0 Å². The summed E-state index contributed by atoms with van der Waals surface area (Å²) in [5, 5.41) is 18.4. The molecule has 0 saturated carbocycles. The van der Waals surface area contributed by atoms with Gasteiger partial charge in [-0.3, -0.25) is 0 Å². The number of rotatable bonds is 10. The van der Waals surface area contributed by atoms with Crippen LogP contribution < -0.4 is 78.7 Å². The molecule has 0 aromatic heterocycles. The van der Waals surface area contributed by atoms with Crippen LogP contribution >= 0.6 is 15.9 Å². The molecule has 0 aliphatic carbocycles. The van der Waals surface area contributed by atoms with Crippen LogP contribution in [0.5, 0.6) is 0 Å². The first-order valence-electron chi connectivity index (χ1n) is 5.95. The molecule has 0 radical (unpaired) electrons. The molecule has 0 aliphatic heterocycles. The molecule has 0 aromatic rings. The van der Waals surface area contributed by atoms with Gasteiger partial charge in [-0.05, 0) is 12.8 Å². The number of hydrogen-bond donors (Lipinski definition) is 4. The van der Waals surface area contributed by atoms with Crippen LogP contribution in [0.25, 0.3) is 0 Å². The van der Waals surface area contributed by atoms with Gasteiger partial charge < -0.3 is 29.8 Å². The first kappa shape index (κ1) is 28.3. The molecular weight excluding hydrogens is 344 g/mol. The fraction of sp³-hybridized carbons (Fsp3) is 1.00. The van der Waals surface area contributed by atoms with Crippen LogP contribution in [0.2, 0.25) is 0 Å². The van der Waals surface area contributed by atoms with Crippen molar-refractivity contribution in [2.45, 2.75) is 50.5 Å². The van der Waals surface area contributed by atoms with Crippen LogP contribution in [0.15, 0.2) is 0 Å². The van der Waals surface area contributed by atoms with Crippen molar-refractivity contribution >= 4 is 15.9 Å². The van der Waals surface area contributed by atoms with E-state index in [0.29, 0.717) is 25.7 Å². The molecule has 0 amide bonds. The Labute approximate surface area is 170 Å². The van der Waals surface area contributed by atoms with E-state index in [1.54, 1.807) is 0 Å². The summed E-state index contributed by atoms with van der Waals surface area (Å²) in [7, 11) is -9.02. The maximum Gasteiger partial charge on any atom is 1.00 e. The monoisotopic (exact) mass is 364 g/mol. The fourth-order valence-electron chi connectivity index (χ4n) is 1.50.